The van der Waals surface area contributed by atoms with Crippen LogP contribution in [0.4, 0.5) is 0 Å². The monoisotopic (exact) mass is 231 g/mol. The van der Waals surface area contributed by atoms with Gasteiger partial charge in [0.05, 0.1) is 19.6 Å². The number of nitrogens with one attached hydrogen (secondary N) is 1. The highest BCUT2D eigenvalue weighted by atomic mass is 19.0. The fraction of sp³-hybridized carbons (Fsp3) is 1.00. The van der Waals surface area contributed by atoms with Gasteiger partial charge in [0.2, 0.25) is 0 Å². The first-order chi connectivity index (χ1) is 7.36. The Morgan fingerprint density at radius 2 is 1.75 bits per heavy atom. The summed E-state index contributed by atoms with van der Waals surface area (Å²) < 4.78 is 0. The molecular formula is C14H30FN. The molecule has 1 fully saturated rings. The molecule has 1 aliphatic heterocycles. The van der Waals surface area contributed by atoms with Crippen molar-refractivity contribution in [3.05, 3.63) is 0 Å². The molecule has 2 unspecified atom stereocenters. The van der Waals surface area contributed by atoms with Crippen LogP contribution in [0.15, 0.2) is 0 Å². The van der Waals surface area contributed by atoms with Gasteiger partial charge in [-0.25, -0.2) is 0 Å². The molecule has 98 valence electrons. The molecule has 0 aromatic carbocycles. The summed E-state index contributed by atoms with van der Waals surface area (Å²) >= 11 is 0. The highest BCUT2D eigenvalue weighted by molar-refractivity contribution is 4.61. The molecule has 1 nitrogen and oxygen atoms in total. The second-order valence-electron chi connectivity index (χ2n) is 5.31. The first-order valence-electron chi connectivity index (χ1n) is 7.20. The Balaban J connectivity index is 0.00000225. The molecule has 1 N–H and O–H groups in total. The summed E-state index contributed by atoms with van der Waals surface area (Å²) in [5, 5.41) is 0. The van der Waals surface area contributed by atoms with Crippen LogP contribution in [0.5, 0.6) is 0 Å². The number of hydrogen-bond acceptors (Lipinski definition) is 0. The van der Waals surface area contributed by atoms with E-state index in [0.717, 1.165) is 5.92 Å². The van der Waals surface area contributed by atoms with Crippen LogP contribution in [0.25, 0.3) is 0 Å². The maximum absolute atomic E-state index is 2.32. The molecule has 0 saturated carbocycles. The minimum absolute atomic E-state index is 0. The minimum atomic E-state index is 0. The fourth-order valence-corrected chi connectivity index (χ4v) is 2.88. The lowest BCUT2D eigenvalue weighted by atomic mass is 10.0. The molecule has 0 bridgehead atoms. The average Bonchev–Trinajstić information content (AvgIpc) is 2.66. The topological polar surface area (TPSA) is 4.44 Å². The smallest absolute Gasteiger partial charge is 0.0801 e. The zero-order chi connectivity index (χ0) is 10.9. The lowest BCUT2D eigenvalue weighted by Gasteiger charge is -2.12. The van der Waals surface area contributed by atoms with E-state index < -0.39 is 0 Å². The highest BCUT2D eigenvalue weighted by Crippen LogP contribution is 2.11. The summed E-state index contributed by atoms with van der Waals surface area (Å²) in [6.07, 6.45) is 11.6. The molecule has 2 heteroatoms. The van der Waals surface area contributed by atoms with Gasteiger partial charge in [-0.05, 0) is 19.3 Å². The van der Waals surface area contributed by atoms with Crippen molar-refractivity contribution in [2.45, 2.75) is 65.2 Å². The zero-order valence-corrected chi connectivity index (χ0v) is 11.2. The van der Waals surface area contributed by atoms with E-state index in [2.05, 4.69) is 13.8 Å². The summed E-state index contributed by atoms with van der Waals surface area (Å²) in [7, 11) is 0. The number of likely N-dealkylation sites (tertiary alicyclic amines) is 1. The predicted octanol–water partition coefficient (Wildman–Crippen LogP) is -0.334. The van der Waals surface area contributed by atoms with Crippen LogP contribution in [0.2, 0.25) is 0 Å². The van der Waals surface area contributed by atoms with E-state index in [9.17, 15) is 0 Å². The predicted molar refractivity (Wildman–Crippen MR) is 67.3 cm³/mol. The SMILES string of the molecule is CCCCCCC[NH+]1CCC(CCC)C1.[F-]. The van der Waals surface area contributed by atoms with Gasteiger partial charge in [0.25, 0.3) is 0 Å². The van der Waals surface area contributed by atoms with Crippen molar-refractivity contribution in [1.29, 1.82) is 0 Å². The molecular weight excluding hydrogens is 201 g/mol. The Bertz CT molecular complexity index is 150. The first-order valence-corrected chi connectivity index (χ1v) is 7.20. The van der Waals surface area contributed by atoms with E-state index in [1.165, 1.54) is 71.0 Å². The van der Waals surface area contributed by atoms with Gasteiger partial charge in [0, 0.05) is 12.3 Å². The van der Waals surface area contributed by atoms with Crippen molar-refractivity contribution in [2.75, 3.05) is 19.6 Å². The maximum atomic E-state index is 2.32. The van der Waals surface area contributed by atoms with E-state index in [4.69, 9.17) is 0 Å². The molecule has 0 radical (unpaired) electrons. The summed E-state index contributed by atoms with van der Waals surface area (Å²) in [4.78, 5) is 1.89. The maximum Gasteiger partial charge on any atom is 0.0801 e. The van der Waals surface area contributed by atoms with E-state index in [0.29, 0.717) is 0 Å². The van der Waals surface area contributed by atoms with Crippen LogP contribution in [0, 0.1) is 5.92 Å². The van der Waals surface area contributed by atoms with Gasteiger partial charge >= 0.3 is 0 Å². The summed E-state index contributed by atoms with van der Waals surface area (Å²) in [5.74, 6) is 1.06. The highest BCUT2D eigenvalue weighted by Gasteiger charge is 2.24. The van der Waals surface area contributed by atoms with Crippen molar-refractivity contribution in [1.82, 2.24) is 0 Å². The normalized spacial score (nSPS) is 24.4. The van der Waals surface area contributed by atoms with Gasteiger partial charge in [-0.3, -0.25) is 0 Å². The summed E-state index contributed by atoms with van der Waals surface area (Å²) in [6, 6.07) is 0. The molecule has 2 atom stereocenters. The molecule has 0 amide bonds. The molecule has 0 aromatic heterocycles. The van der Waals surface area contributed by atoms with E-state index in [-0.39, 0.29) is 4.70 Å². The Labute approximate surface area is 101 Å². The van der Waals surface area contributed by atoms with Crippen molar-refractivity contribution in [3.63, 3.8) is 0 Å². The standard InChI is InChI=1S/C14H29N.FH/c1-3-5-6-7-8-11-15-12-10-14(13-15)9-4-2;/h14H,3-13H2,1-2H3;1H. The van der Waals surface area contributed by atoms with Crippen molar-refractivity contribution >= 4 is 0 Å². The molecule has 0 spiro atoms. The molecule has 0 aromatic rings. The van der Waals surface area contributed by atoms with E-state index in [1.807, 2.05) is 4.90 Å². The Morgan fingerprint density at radius 1 is 1.00 bits per heavy atom. The van der Waals surface area contributed by atoms with Crippen LogP contribution in [-0.2, 0) is 0 Å². The third-order valence-electron chi connectivity index (χ3n) is 3.81. The second-order valence-corrected chi connectivity index (χ2v) is 5.31. The van der Waals surface area contributed by atoms with Crippen molar-refractivity contribution in [2.24, 2.45) is 5.92 Å². The van der Waals surface area contributed by atoms with Crippen LogP contribution >= 0.6 is 0 Å². The third kappa shape index (κ3) is 6.47. The van der Waals surface area contributed by atoms with E-state index in [1.54, 1.807) is 0 Å². The summed E-state index contributed by atoms with van der Waals surface area (Å²) in [5.41, 5.74) is 0. The first kappa shape index (κ1) is 15.9. The van der Waals surface area contributed by atoms with Gasteiger partial charge < -0.3 is 9.60 Å². The van der Waals surface area contributed by atoms with Crippen molar-refractivity contribution in [3.8, 4) is 0 Å². The second kappa shape index (κ2) is 10.1. The van der Waals surface area contributed by atoms with Crippen LogP contribution < -0.4 is 9.60 Å². The number of hydrogen-bond donors (Lipinski definition) is 1. The van der Waals surface area contributed by atoms with E-state index >= 15 is 0 Å². The van der Waals surface area contributed by atoms with Gasteiger partial charge in [-0.1, -0.05) is 39.5 Å². The number of rotatable bonds is 8. The molecule has 1 saturated heterocycles. The molecule has 16 heavy (non-hydrogen) atoms. The molecule has 1 aliphatic rings. The minimum Gasteiger partial charge on any atom is -1.00 e. The van der Waals surface area contributed by atoms with Crippen LogP contribution in [-0.4, -0.2) is 19.6 Å². The molecule has 1 rings (SSSR count). The summed E-state index contributed by atoms with van der Waals surface area (Å²) in [6.45, 7) is 8.99. The van der Waals surface area contributed by atoms with Gasteiger partial charge in [0.1, 0.15) is 0 Å². The Hall–Kier alpha value is -0.110. The number of unbranched alkanes of at least 4 members (excludes halogenated alkanes) is 4. The Kier molecular flexibility index (Phi) is 10.0. The molecule has 1 heterocycles. The number of halogens is 1. The lowest BCUT2D eigenvalue weighted by molar-refractivity contribution is -0.889. The third-order valence-corrected chi connectivity index (χ3v) is 3.81. The van der Waals surface area contributed by atoms with Gasteiger partial charge in [-0.2, -0.15) is 0 Å². The number of quaternary nitrogens is 1. The molecule has 0 aliphatic carbocycles. The lowest BCUT2D eigenvalue weighted by Crippen LogP contribution is -3.10. The van der Waals surface area contributed by atoms with Crippen LogP contribution in [0.3, 0.4) is 0 Å². The van der Waals surface area contributed by atoms with Crippen LogP contribution in [0.1, 0.15) is 65.2 Å². The Morgan fingerprint density at radius 3 is 2.44 bits per heavy atom. The van der Waals surface area contributed by atoms with Gasteiger partial charge in [-0.15, -0.1) is 0 Å². The quantitative estimate of drug-likeness (QED) is 0.546. The largest absolute Gasteiger partial charge is 1.00 e. The zero-order valence-electron chi connectivity index (χ0n) is 11.2. The van der Waals surface area contributed by atoms with Crippen molar-refractivity contribution < 1.29 is 9.60 Å². The fourth-order valence-electron chi connectivity index (χ4n) is 2.88. The van der Waals surface area contributed by atoms with Gasteiger partial charge in [0.15, 0.2) is 0 Å². The average molecular weight is 231 g/mol.